The molecule has 1 aliphatic rings. The molecule has 1 aromatic carbocycles. The zero-order valence-corrected chi connectivity index (χ0v) is 9.97. The van der Waals surface area contributed by atoms with Crippen LogP contribution < -0.4 is 4.74 Å². The molecule has 98 valence electrons. The Morgan fingerprint density at radius 2 is 2.11 bits per heavy atom. The van der Waals surface area contributed by atoms with Gasteiger partial charge in [0.25, 0.3) is 0 Å². The molecule has 1 aliphatic heterocycles. The summed E-state index contributed by atoms with van der Waals surface area (Å²) in [5, 5.41) is 0. The van der Waals surface area contributed by atoms with Crippen molar-refractivity contribution < 1.29 is 23.1 Å². The van der Waals surface area contributed by atoms with E-state index in [-0.39, 0.29) is 17.6 Å². The highest BCUT2D eigenvalue weighted by Gasteiger charge is 2.21. The van der Waals surface area contributed by atoms with E-state index in [1.54, 1.807) is 18.2 Å². The average molecular weight is 262 g/mol. The third-order valence-electron chi connectivity index (χ3n) is 2.86. The Balaban J connectivity index is 1.83. The van der Waals surface area contributed by atoms with Crippen LogP contribution in [0, 0.1) is 5.82 Å². The van der Waals surface area contributed by atoms with Crippen molar-refractivity contribution in [3.05, 3.63) is 41.9 Å². The first-order chi connectivity index (χ1) is 9.26. The van der Waals surface area contributed by atoms with Gasteiger partial charge in [-0.25, -0.2) is 4.39 Å². The van der Waals surface area contributed by atoms with Crippen LogP contribution in [0.5, 0.6) is 5.75 Å². The predicted octanol–water partition coefficient (Wildman–Crippen LogP) is 2.68. The number of aldehydes is 1. The molecule has 2 aromatic rings. The number of hydrogen-bond acceptors (Lipinski definition) is 4. The van der Waals surface area contributed by atoms with Crippen LogP contribution in [0.3, 0.4) is 0 Å². The summed E-state index contributed by atoms with van der Waals surface area (Å²) in [6.45, 7) is 0.976. The highest BCUT2D eigenvalue weighted by atomic mass is 19.1. The maximum absolute atomic E-state index is 13.9. The summed E-state index contributed by atoms with van der Waals surface area (Å²) in [6, 6.07) is 7.72. The van der Waals surface area contributed by atoms with Gasteiger partial charge in [0.15, 0.2) is 23.6 Å². The zero-order valence-electron chi connectivity index (χ0n) is 9.97. The Morgan fingerprint density at radius 1 is 1.26 bits per heavy atom. The number of hydrogen-bond donors (Lipinski definition) is 0. The first kappa shape index (κ1) is 11.9. The Hall–Kier alpha value is -2.14. The molecule has 1 aromatic heterocycles. The molecule has 19 heavy (non-hydrogen) atoms. The zero-order chi connectivity index (χ0) is 13.2. The lowest BCUT2D eigenvalue weighted by Gasteiger charge is -2.26. The maximum Gasteiger partial charge on any atom is 0.185 e. The molecular weight excluding hydrogens is 251 g/mol. The smallest absolute Gasteiger partial charge is 0.185 e. The molecule has 1 saturated heterocycles. The number of carbonyl (C=O) groups is 1. The van der Waals surface area contributed by atoms with Crippen LogP contribution in [0.25, 0.3) is 11.3 Å². The van der Waals surface area contributed by atoms with Crippen molar-refractivity contribution in [1.82, 2.24) is 0 Å². The molecule has 0 radical (unpaired) electrons. The standard InChI is InChI=1S/C14H11FO4/c15-12-5-9(13-4-2-10(6-16)18-13)1-3-14(12)19-11-7-17-8-11/h1-6,11H,7-8H2. The van der Waals surface area contributed by atoms with Gasteiger partial charge in [-0.05, 0) is 30.3 Å². The molecule has 0 atom stereocenters. The quantitative estimate of drug-likeness (QED) is 0.795. The van der Waals surface area contributed by atoms with Gasteiger partial charge in [-0.1, -0.05) is 0 Å². The number of carbonyl (C=O) groups excluding carboxylic acids is 1. The van der Waals surface area contributed by atoms with E-state index in [0.717, 1.165) is 0 Å². The minimum Gasteiger partial charge on any atom is -0.483 e. The van der Waals surface area contributed by atoms with Gasteiger partial charge in [-0.2, -0.15) is 0 Å². The van der Waals surface area contributed by atoms with Gasteiger partial charge in [0.1, 0.15) is 11.9 Å². The Bertz CT molecular complexity index is 601. The van der Waals surface area contributed by atoms with Gasteiger partial charge >= 0.3 is 0 Å². The van der Waals surface area contributed by atoms with Crippen molar-refractivity contribution in [3.63, 3.8) is 0 Å². The van der Waals surface area contributed by atoms with Gasteiger partial charge in [-0.15, -0.1) is 0 Å². The van der Waals surface area contributed by atoms with E-state index < -0.39 is 5.82 Å². The van der Waals surface area contributed by atoms with Gasteiger partial charge in [0.2, 0.25) is 0 Å². The van der Waals surface area contributed by atoms with Gasteiger partial charge in [0, 0.05) is 5.56 Å². The van der Waals surface area contributed by atoms with Crippen LogP contribution in [0.1, 0.15) is 10.6 Å². The number of rotatable bonds is 4. The first-order valence-electron chi connectivity index (χ1n) is 5.85. The summed E-state index contributed by atoms with van der Waals surface area (Å²) < 4.78 is 29.5. The molecular formula is C14H11FO4. The molecule has 3 rings (SSSR count). The van der Waals surface area contributed by atoms with E-state index in [9.17, 15) is 9.18 Å². The van der Waals surface area contributed by atoms with Crippen LogP contribution in [0.4, 0.5) is 4.39 Å². The van der Waals surface area contributed by atoms with Gasteiger partial charge < -0.3 is 13.9 Å². The van der Waals surface area contributed by atoms with Crippen molar-refractivity contribution in [1.29, 1.82) is 0 Å². The summed E-state index contributed by atoms with van der Waals surface area (Å²) in [7, 11) is 0. The predicted molar refractivity (Wildman–Crippen MR) is 64.7 cm³/mol. The molecule has 0 aliphatic carbocycles. The minimum absolute atomic E-state index is 0.0781. The fourth-order valence-corrected chi connectivity index (χ4v) is 1.78. The normalized spacial score (nSPS) is 15.0. The summed E-state index contributed by atoms with van der Waals surface area (Å²) >= 11 is 0. The van der Waals surface area contributed by atoms with Crippen molar-refractivity contribution >= 4 is 6.29 Å². The second-order valence-electron chi connectivity index (χ2n) is 4.24. The third-order valence-corrected chi connectivity index (χ3v) is 2.86. The lowest BCUT2D eigenvalue weighted by Crippen LogP contribution is -2.38. The Kier molecular flexibility index (Phi) is 3.05. The topological polar surface area (TPSA) is 48.7 Å². The fraction of sp³-hybridized carbons (Fsp3) is 0.214. The van der Waals surface area contributed by atoms with Gasteiger partial charge in [-0.3, -0.25) is 4.79 Å². The van der Waals surface area contributed by atoms with E-state index in [1.807, 2.05) is 0 Å². The Morgan fingerprint density at radius 3 is 2.68 bits per heavy atom. The third kappa shape index (κ3) is 2.37. The molecule has 2 heterocycles. The molecule has 0 spiro atoms. The van der Waals surface area contributed by atoms with E-state index in [1.165, 1.54) is 12.1 Å². The molecule has 4 nitrogen and oxygen atoms in total. The van der Waals surface area contributed by atoms with E-state index >= 15 is 0 Å². The van der Waals surface area contributed by atoms with E-state index in [4.69, 9.17) is 13.9 Å². The molecule has 0 bridgehead atoms. The van der Waals surface area contributed by atoms with Crippen molar-refractivity contribution in [2.75, 3.05) is 13.2 Å². The lowest BCUT2D eigenvalue weighted by molar-refractivity contribution is -0.0808. The number of halogens is 1. The number of ether oxygens (including phenoxy) is 2. The van der Waals surface area contributed by atoms with Crippen molar-refractivity contribution in [2.45, 2.75) is 6.10 Å². The minimum atomic E-state index is -0.464. The largest absolute Gasteiger partial charge is 0.483 e. The summed E-state index contributed by atoms with van der Waals surface area (Å²) in [6.07, 6.45) is 0.527. The maximum atomic E-state index is 13.9. The molecule has 0 N–H and O–H groups in total. The molecule has 5 heteroatoms. The molecule has 1 fully saturated rings. The fourth-order valence-electron chi connectivity index (χ4n) is 1.78. The second kappa shape index (κ2) is 4.85. The summed E-state index contributed by atoms with van der Waals surface area (Å²) in [5.74, 6) is 0.384. The average Bonchev–Trinajstić information content (AvgIpc) is 2.84. The molecule has 0 unspecified atom stereocenters. The van der Waals surface area contributed by atoms with Crippen LogP contribution in [-0.2, 0) is 4.74 Å². The monoisotopic (exact) mass is 262 g/mol. The second-order valence-corrected chi connectivity index (χ2v) is 4.24. The molecule has 0 saturated carbocycles. The van der Waals surface area contributed by atoms with Crippen molar-refractivity contribution in [2.24, 2.45) is 0 Å². The highest BCUT2D eigenvalue weighted by Crippen LogP contribution is 2.28. The van der Waals surface area contributed by atoms with Gasteiger partial charge in [0.05, 0.1) is 13.2 Å². The SMILES string of the molecule is O=Cc1ccc(-c2ccc(OC3COC3)c(F)c2)o1. The first-order valence-corrected chi connectivity index (χ1v) is 5.85. The van der Waals surface area contributed by atoms with Crippen molar-refractivity contribution in [3.8, 4) is 17.1 Å². The Labute approximate surface area is 108 Å². The van der Waals surface area contributed by atoms with E-state index in [0.29, 0.717) is 30.8 Å². The van der Waals surface area contributed by atoms with Crippen LogP contribution >= 0.6 is 0 Å². The number of furan rings is 1. The van der Waals surface area contributed by atoms with Crippen LogP contribution in [0.2, 0.25) is 0 Å². The summed E-state index contributed by atoms with van der Waals surface area (Å²) in [4.78, 5) is 10.5. The number of benzene rings is 1. The van der Waals surface area contributed by atoms with E-state index in [2.05, 4.69) is 0 Å². The highest BCUT2D eigenvalue weighted by molar-refractivity contribution is 5.72. The summed E-state index contributed by atoms with van der Waals surface area (Å²) in [5.41, 5.74) is 0.558. The molecule has 0 amide bonds. The van der Waals surface area contributed by atoms with Crippen LogP contribution in [0.15, 0.2) is 34.7 Å². The van der Waals surface area contributed by atoms with Crippen LogP contribution in [-0.4, -0.2) is 25.6 Å². The lowest BCUT2D eigenvalue weighted by atomic mass is 10.1.